The van der Waals surface area contributed by atoms with E-state index in [-0.39, 0.29) is 29.7 Å². The highest BCUT2D eigenvalue weighted by atomic mass is 127. The van der Waals surface area contributed by atoms with Crippen molar-refractivity contribution in [3.63, 3.8) is 0 Å². The number of guanidine groups is 1. The van der Waals surface area contributed by atoms with Crippen molar-refractivity contribution in [1.29, 1.82) is 0 Å². The topological polar surface area (TPSA) is 61.8 Å². The summed E-state index contributed by atoms with van der Waals surface area (Å²) in [6.45, 7) is 2.05. The van der Waals surface area contributed by atoms with Gasteiger partial charge in [0.15, 0.2) is 5.96 Å². The van der Waals surface area contributed by atoms with Gasteiger partial charge < -0.3 is 20.3 Å². The van der Waals surface area contributed by atoms with Gasteiger partial charge in [-0.25, -0.2) is 4.98 Å². The predicted molar refractivity (Wildman–Crippen MR) is 131 cm³/mol. The Balaban J connectivity index is 0.00000341. The molecule has 1 aliphatic rings. The molecule has 2 N–H and O–H groups in total. The van der Waals surface area contributed by atoms with Crippen LogP contribution in [-0.2, 0) is 13.1 Å². The minimum Gasteiger partial charge on any atom is -0.434 e. The molecule has 0 radical (unpaired) electrons. The molecule has 1 aromatic carbocycles. The fourth-order valence-electron chi connectivity index (χ4n) is 3.51. The van der Waals surface area contributed by atoms with Crippen LogP contribution in [0.2, 0.25) is 0 Å². The van der Waals surface area contributed by atoms with Crippen LogP contribution < -0.4 is 20.3 Å². The first kappa shape index (κ1) is 25.1. The summed E-state index contributed by atoms with van der Waals surface area (Å²) in [7, 11) is 1.67. The van der Waals surface area contributed by atoms with Crippen molar-refractivity contribution in [3.05, 3.63) is 53.2 Å². The van der Waals surface area contributed by atoms with Gasteiger partial charge in [0, 0.05) is 45.0 Å². The van der Waals surface area contributed by atoms with Gasteiger partial charge in [-0.1, -0.05) is 17.7 Å². The van der Waals surface area contributed by atoms with E-state index in [4.69, 9.17) is 0 Å². The maximum atomic E-state index is 12.7. The van der Waals surface area contributed by atoms with Crippen LogP contribution in [0.3, 0.4) is 0 Å². The Morgan fingerprint density at radius 3 is 2.58 bits per heavy atom. The molecular weight excluding hydrogens is 515 g/mol. The summed E-state index contributed by atoms with van der Waals surface area (Å²) in [5.41, 5.74) is 2.72. The lowest BCUT2D eigenvalue weighted by atomic mass is 10.1. The molecule has 0 amide bonds. The molecule has 6 nitrogen and oxygen atoms in total. The number of rotatable bonds is 7. The molecule has 3 rings (SSSR count). The normalized spacial score (nSPS) is 14.2. The van der Waals surface area contributed by atoms with Crippen LogP contribution in [0.4, 0.5) is 14.6 Å². The first-order chi connectivity index (χ1) is 14.5. The van der Waals surface area contributed by atoms with Crippen molar-refractivity contribution in [3.8, 4) is 5.75 Å². The molecule has 2 aromatic rings. The minimum absolute atomic E-state index is 0. The van der Waals surface area contributed by atoms with E-state index in [0.29, 0.717) is 24.6 Å². The van der Waals surface area contributed by atoms with Crippen molar-refractivity contribution < 1.29 is 13.5 Å². The summed E-state index contributed by atoms with van der Waals surface area (Å²) in [5, 5.41) is 6.43. The van der Waals surface area contributed by atoms with Crippen molar-refractivity contribution in [2.75, 3.05) is 25.0 Å². The molecule has 0 bridgehead atoms. The number of hydrogen-bond donors (Lipinski definition) is 2. The highest BCUT2D eigenvalue weighted by molar-refractivity contribution is 14.0. The summed E-state index contributed by atoms with van der Waals surface area (Å²) in [6.07, 6.45) is 5.52. The van der Waals surface area contributed by atoms with Crippen LogP contribution in [0.25, 0.3) is 0 Å². The number of aryl methyl sites for hydroxylation is 1. The fourth-order valence-corrected chi connectivity index (χ4v) is 3.51. The standard InChI is InChI=1S/C22H29F2N5O.HI/c1-16-6-7-19(30-21(23)24)18(12-16)15-28-22(25-2)27-14-17-8-9-26-20(13-17)29-10-4-3-5-11-29;/h6-9,12-13,21H,3-5,10-11,14-15H2,1-2H3,(H2,25,27,28);1H. The molecule has 0 atom stereocenters. The second-order valence-corrected chi connectivity index (χ2v) is 7.34. The van der Waals surface area contributed by atoms with Gasteiger partial charge in [0.1, 0.15) is 11.6 Å². The van der Waals surface area contributed by atoms with E-state index in [1.54, 1.807) is 19.2 Å². The third-order valence-corrected chi connectivity index (χ3v) is 5.05. The zero-order valence-corrected chi connectivity index (χ0v) is 20.2. The Morgan fingerprint density at radius 1 is 1.13 bits per heavy atom. The van der Waals surface area contributed by atoms with E-state index >= 15 is 0 Å². The number of nitrogens with one attached hydrogen (secondary N) is 2. The molecule has 31 heavy (non-hydrogen) atoms. The zero-order valence-electron chi connectivity index (χ0n) is 17.9. The summed E-state index contributed by atoms with van der Waals surface area (Å²) in [6, 6.07) is 9.21. The van der Waals surface area contributed by atoms with Crippen LogP contribution in [0, 0.1) is 6.92 Å². The highest BCUT2D eigenvalue weighted by Crippen LogP contribution is 2.22. The molecule has 0 saturated carbocycles. The number of alkyl halides is 2. The second-order valence-electron chi connectivity index (χ2n) is 7.34. The van der Waals surface area contributed by atoms with Crippen LogP contribution in [0.1, 0.15) is 36.0 Å². The number of halogens is 3. The highest BCUT2D eigenvalue weighted by Gasteiger charge is 2.13. The number of piperidine rings is 1. The third kappa shape index (κ3) is 7.79. The van der Waals surface area contributed by atoms with Crippen LogP contribution in [0.15, 0.2) is 41.5 Å². The van der Waals surface area contributed by atoms with E-state index in [0.717, 1.165) is 30.0 Å². The van der Waals surface area contributed by atoms with Crippen molar-refractivity contribution in [2.45, 2.75) is 45.9 Å². The van der Waals surface area contributed by atoms with Gasteiger partial charge in [-0.15, -0.1) is 24.0 Å². The maximum Gasteiger partial charge on any atom is 0.387 e. The largest absolute Gasteiger partial charge is 0.434 e. The molecule has 170 valence electrons. The van der Waals surface area contributed by atoms with E-state index in [1.807, 2.05) is 25.3 Å². The predicted octanol–water partition coefficient (Wildman–Crippen LogP) is 4.46. The smallest absolute Gasteiger partial charge is 0.387 e. The first-order valence-electron chi connectivity index (χ1n) is 10.2. The van der Waals surface area contributed by atoms with E-state index in [2.05, 4.69) is 36.3 Å². The van der Waals surface area contributed by atoms with Gasteiger partial charge >= 0.3 is 6.61 Å². The Hall–Kier alpha value is -2.17. The second kappa shape index (κ2) is 12.6. The molecule has 1 fully saturated rings. The molecule has 1 aromatic heterocycles. The summed E-state index contributed by atoms with van der Waals surface area (Å²) in [4.78, 5) is 11.0. The number of anilines is 1. The molecule has 0 spiro atoms. The van der Waals surface area contributed by atoms with Gasteiger partial charge in [0.25, 0.3) is 0 Å². The monoisotopic (exact) mass is 545 g/mol. The van der Waals surface area contributed by atoms with Crippen LogP contribution in [-0.4, -0.2) is 37.7 Å². The van der Waals surface area contributed by atoms with Gasteiger partial charge in [-0.05, 0) is 49.9 Å². The number of pyridine rings is 1. The van der Waals surface area contributed by atoms with Gasteiger partial charge in [0.05, 0.1) is 0 Å². The number of nitrogens with zero attached hydrogens (tertiary/aromatic N) is 3. The zero-order chi connectivity index (χ0) is 21.3. The fraction of sp³-hybridized carbons (Fsp3) is 0.455. The lowest BCUT2D eigenvalue weighted by molar-refractivity contribution is -0.0504. The quantitative estimate of drug-likeness (QED) is 0.306. The number of ether oxygens (including phenoxy) is 1. The molecule has 2 heterocycles. The average molecular weight is 545 g/mol. The van der Waals surface area contributed by atoms with Gasteiger partial charge in [-0.3, -0.25) is 4.99 Å². The minimum atomic E-state index is -2.86. The Morgan fingerprint density at radius 2 is 1.87 bits per heavy atom. The number of benzene rings is 1. The lowest BCUT2D eigenvalue weighted by Crippen LogP contribution is -2.36. The molecular formula is C22H30F2IN5O. The third-order valence-electron chi connectivity index (χ3n) is 5.05. The first-order valence-corrected chi connectivity index (χ1v) is 10.2. The Kier molecular flexibility index (Phi) is 10.2. The summed E-state index contributed by atoms with van der Waals surface area (Å²) >= 11 is 0. The molecule has 0 unspecified atom stereocenters. The van der Waals surface area contributed by atoms with Crippen molar-refractivity contribution in [2.24, 2.45) is 4.99 Å². The SMILES string of the molecule is CN=C(NCc1ccnc(N2CCCCC2)c1)NCc1cc(C)ccc1OC(F)F.I. The Bertz CT molecular complexity index is 860. The number of aliphatic imine (C=N–C) groups is 1. The average Bonchev–Trinajstić information content (AvgIpc) is 2.76. The summed E-state index contributed by atoms with van der Waals surface area (Å²) < 4.78 is 29.9. The van der Waals surface area contributed by atoms with Crippen LogP contribution >= 0.6 is 24.0 Å². The van der Waals surface area contributed by atoms with Crippen LogP contribution in [0.5, 0.6) is 5.75 Å². The van der Waals surface area contributed by atoms with E-state index < -0.39 is 6.61 Å². The van der Waals surface area contributed by atoms with Gasteiger partial charge in [-0.2, -0.15) is 8.78 Å². The molecule has 1 aliphatic heterocycles. The Labute approximate surface area is 199 Å². The number of hydrogen-bond acceptors (Lipinski definition) is 4. The van der Waals surface area contributed by atoms with Gasteiger partial charge in [0.2, 0.25) is 0 Å². The van der Waals surface area contributed by atoms with E-state index in [1.165, 1.54) is 19.3 Å². The van der Waals surface area contributed by atoms with E-state index in [9.17, 15) is 8.78 Å². The molecule has 1 saturated heterocycles. The summed E-state index contributed by atoms with van der Waals surface area (Å²) in [5.74, 6) is 1.75. The lowest BCUT2D eigenvalue weighted by Gasteiger charge is -2.28. The number of aromatic nitrogens is 1. The van der Waals surface area contributed by atoms with Crippen molar-refractivity contribution in [1.82, 2.24) is 15.6 Å². The molecule has 9 heteroatoms. The maximum absolute atomic E-state index is 12.7. The molecule has 0 aliphatic carbocycles. The van der Waals surface area contributed by atoms with Crippen molar-refractivity contribution >= 4 is 35.8 Å².